The van der Waals surface area contributed by atoms with E-state index >= 15 is 0 Å². The van der Waals surface area contributed by atoms with Crippen molar-refractivity contribution in [2.45, 2.75) is 58.0 Å². The molecule has 1 spiro atoms. The van der Waals surface area contributed by atoms with Gasteiger partial charge >= 0.3 is 0 Å². The molecule has 2 unspecified atom stereocenters. The van der Waals surface area contributed by atoms with Gasteiger partial charge in [-0.2, -0.15) is 0 Å². The van der Waals surface area contributed by atoms with Gasteiger partial charge < -0.3 is 10.2 Å². The molecule has 3 saturated heterocycles. The number of hydrogen-bond acceptors (Lipinski definition) is 3. The van der Waals surface area contributed by atoms with Crippen molar-refractivity contribution in [2.75, 3.05) is 32.7 Å². The third-order valence-electron chi connectivity index (χ3n) is 5.96. The Balaban J connectivity index is 1.51. The zero-order chi connectivity index (χ0) is 14.2. The Hall–Kier alpha value is -0.610. The van der Waals surface area contributed by atoms with Gasteiger partial charge in [0.1, 0.15) is 0 Å². The predicted octanol–water partition coefficient (Wildman–Crippen LogP) is 1.46. The molecule has 0 radical (unpaired) electrons. The molecule has 3 aliphatic rings. The molecular weight excluding hydrogens is 250 g/mol. The van der Waals surface area contributed by atoms with Gasteiger partial charge in [0.05, 0.1) is 6.54 Å². The number of hydrogen-bond donors (Lipinski definition) is 1. The molecule has 0 aromatic carbocycles. The van der Waals surface area contributed by atoms with Gasteiger partial charge in [-0.15, -0.1) is 0 Å². The normalized spacial score (nSPS) is 34.0. The highest BCUT2D eigenvalue weighted by atomic mass is 16.2. The van der Waals surface area contributed by atoms with E-state index in [9.17, 15) is 4.79 Å². The van der Waals surface area contributed by atoms with Crippen LogP contribution in [0.2, 0.25) is 0 Å². The summed E-state index contributed by atoms with van der Waals surface area (Å²) in [5, 5.41) is 3.49. The van der Waals surface area contributed by atoms with Crippen molar-refractivity contribution in [3.8, 4) is 0 Å². The molecule has 3 aliphatic heterocycles. The molecular formula is C16H29N3O. The fourth-order valence-electron chi connectivity index (χ4n) is 4.27. The quantitative estimate of drug-likeness (QED) is 0.831. The van der Waals surface area contributed by atoms with Crippen LogP contribution in [0, 0.1) is 5.41 Å². The summed E-state index contributed by atoms with van der Waals surface area (Å²) in [5.74, 6) is 0.353. The van der Waals surface area contributed by atoms with E-state index in [0.717, 1.165) is 26.2 Å². The van der Waals surface area contributed by atoms with Crippen LogP contribution in [0.5, 0.6) is 0 Å². The summed E-state index contributed by atoms with van der Waals surface area (Å²) in [5.41, 5.74) is 0.505. The van der Waals surface area contributed by atoms with Crippen molar-refractivity contribution >= 4 is 5.91 Å². The van der Waals surface area contributed by atoms with Crippen LogP contribution < -0.4 is 5.32 Å². The molecule has 0 aromatic rings. The van der Waals surface area contributed by atoms with Gasteiger partial charge in [-0.1, -0.05) is 0 Å². The van der Waals surface area contributed by atoms with Gasteiger partial charge in [-0.3, -0.25) is 9.69 Å². The lowest BCUT2D eigenvalue weighted by Gasteiger charge is -2.40. The lowest BCUT2D eigenvalue weighted by atomic mass is 9.78. The summed E-state index contributed by atoms with van der Waals surface area (Å²) in [6.07, 6.45) is 6.16. The Labute approximate surface area is 122 Å². The number of carbonyl (C=O) groups excluding carboxylic acids is 1. The third-order valence-corrected chi connectivity index (χ3v) is 5.96. The number of likely N-dealkylation sites (tertiary alicyclic amines) is 2. The summed E-state index contributed by atoms with van der Waals surface area (Å²) >= 11 is 0. The molecule has 4 nitrogen and oxygen atoms in total. The van der Waals surface area contributed by atoms with Crippen LogP contribution in [-0.4, -0.2) is 60.5 Å². The van der Waals surface area contributed by atoms with Crippen LogP contribution in [0.25, 0.3) is 0 Å². The largest absolute Gasteiger partial charge is 0.342 e. The number of nitrogens with zero attached hydrogens (tertiary/aromatic N) is 2. The Morgan fingerprint density at radius 1 is 1.15 bits per heavy atom. The minimum Gasteiger partial charge on any atom is -0.342 e. The SMILES string of the molecule is CC1CCC(C)N1CC(=O)N1CCC2(CCNC2)CC1. The van der Waals surface area contributed by atoms with E-state index < -0.39 is 0 Å². The maximum atomic E-state index is 12.5. The second-order valence-electron chi connectivity index (χ2n) is 7.26. The van der Waals surface area contributed by atoms with Crippen LogP contribution in [0.1, 0.15) is 46.0 Å². The molecule has 3 fully saturated rings. The van der Waals surface area contributed by atoms with E-state index in [0.29, 0.717) is 30.0 Å². The summed E-state index contributed by atoms with van der Waals surface area (Å²) < 4.78 is 0. The first-order chi connectivity index (χ1) is 9.60. The van der Waals surface area contributed by atoms with E-state index in [1.807, 2.05) is 0 Å². The molecule has 3 heterocycles. The molecule has 4 heteroatoms. The van der Waals surface area contributed by atoms with Crippen LogP contribution in [0.15, 0.2) is 0 Å². The average Bonchev–Trinajstić information content (AvgIpc) is 3.02. The molecule has 3 rings (SSSR count). The first-order valence-corrected chi connectivity index (χ1v) is 8.34. The minimum absolute atomic E-state index is 0.353. The number of nitrogens with one attached hydrogen (secondary N) is 1. The van der Waals surface area contributed by atoms with Gasteiger partial charge in [-0.25, -0.2) is 0 Å². The smallest absolute Gasteiger partial charge is 0.236 e. The molecule has 0 aliphatic carbocycles. The molecule has 114 valence electrons. The van der Waals surface area contributed by atoms with Gasteiger partial charge in [0, 0.05) is 31.7 Å². The predicted molar refractivity (Wildman–Crippen MR) is 80.6 cm³/mol. The van der Waals surface area contributed by atoms with Crippen molar-refractivity contribution < 1.29 is 4.79 Å². The molecule has 0 aromatic heterocycles. The highest BCUT2D eigenvalue weighted by Gasteiger charge is 2.38. The Kier molecular flexibility index (Phi) is 4.04. The maximum absolute atomic E-state index is 12.5. The topological polar surface area (TPSA) is 35.6 Å². The standard InChI is InChI=1S/C16H29N3O/c1-13-3-4-14(2)19(13)11-15(20)18-9-6-16(7-10-18)5-8-17-12-16/h13-14,17H,3-12H2,1-2H3. The van der Waals surface area contributed by atoms with Crippen molar-refractivity contribution in [1.82, 2.24) is 15.1 Å². The summed E-state index contributed by atoms with van der Waals surface area (Å²) in [6.45, 7) is 9.41. The molecule has 1 amide bonds. The molecule has 1 N–H and O–H groups in total. The van der Waals surface area contributed by atoms with Crippen LogP contribution in [0.3, 0.4) is 0 Å². The minimum atomic E-state index is 0.353. The summed E-state index contributed by atoms with van der Waals surface area (Å²) in [7, 11) is 0. The zero-order valence-electron chi connectivity index (χ0n) is 13.0. The first kappa shape index (κ1) is 14.3. The Morgan fingerprint density at radius 2 is 1.80 bits per heavy atom. The van der Waals surface area contributed by atoms with Gasteiger partial charge in [0.15, 0.2) is 0 Å². The third kappa shape index (κ3) is 2.73. The molecule has 2 atom stereocenters. The average molecular weight is 279 g/mol. The second kappa shape index (κ2) is 5.64. The number of rotatable bonds is 2. The lowest BCUT2D eigenvalue weighted by Crippen LogP contribution is -2.48. The number of piperidine rings is 1. The number of amides is 1. The highest BCUT2D eigenvalue weighted by molar-refractivity contribution is 5.78. The number of carbonyl (C=O) groups is 1. The fraction of sp³-hybridized carbons (Fsp3) is 0.938. The van der Waals surface area contributed by atoms with Crippen molar-refractivity contribution in [3.05, 3.63) is 0 Å². The van der Waals surface area contributed by atoms with Crippen molar-refractivity contribution in [2.24, 2.45) is 5.41 Å². The van der Waals surface area contributed by atoms with Gasteiger partial charge in [-0.05, 0) is 57.9 Å². The van der Waals surface area contributed by atoms with E-state index in [1.165, 1.54) is 32.1 Å². The molecule has 20 heavy (non-hydrogen) atoms. The zero-order valence-corrected chi connectivity index (χ0v) is 13.0. The Bertz CT molecular complexity index is 345. The molecule has 0 bridgehead atoms. The van der Waals surface area contributed by atoms with Gasteiger partial charge in [0.2, 0.25) is 5.91 Å². The van der Waals surface area contributed by atoms with E-state index in [-0.39, 0.29) is 0 Å². The van der Waals surface area contributed by atoms with Crippen LogP contribution in [-0.2, 0) is 4.79 Å². The summed E-state index contributed by atoms with van der Waals surface area (Å²) in [4.78, 5) is 17.0. The van der Waals surface area contributed by atoms with E-state index in [2.05, 4.69) is 29.0 Å². The van der Waals surface area contributed by atoms with E-state index in [4.69, 9.17) is 0 Å². The van der Waals surface area contributed by atoms with Crippen LogP contribution >= 0.6 is 0 Å². The van der Waals surface area contributed by atoms with Crippen LogP contribution in [0.4, 0.5) is 0 Å². The molecule has 0 saturated carbocycles. The lowest BCUT2D eigenvalue weighted by molar-refractivity contribution is -0.135. The van der Waals surface area contributed by atoms with Gasteiger partial charge in [0.25, 0.3) is 0 Å². The van der Waals surface area contributed by atoms with Crippen molar-refractivity contribution in [1.29, 1.82) is 0 Å². The van der Waals surface area contributed by atoms with Crippen molar-refractivity contribution in [3.63, 3.8) is 0 Å². The Morgan fingerprint density at radius 3 is 2.35 bits per heavy atom. The fourth-order valence-corrected chi connectivity index (χ4v) is 4.27. The maximum Gasteiger partial charge on any atom is 0.236 e. The second-order valence-corrected chi connectivity index (χ2v) is 7.26. The highest BCUT2D eigenvalue weighted by Crippen LogP contribution is 2.37. The first-order valence-electron chi connectivity index (χ1n) is 8.34. The summed E-state index contributed by atoms with van der Waals surface area (Å²) in [6, 6.07) is 1.15. The van der Waals surface area contributed by atoms with E-state index in [1.54, 1.807) is 0 Å². The monoisotopic (exact) mass is 279 g/mol.